The van der Waals surface area contributed by atoms with E-state index in [-0.39, 0.29) is 4.90 Å². The molecule has 0 radical (unpaired) electrons. The minimum atomic E-state index is -3.56. The van der Waals surface area contributed by atoms with Crippen LogP contribution in [-0.4, -0.2) is 70.2 Å². The molecule has 0 spiro atoms. The van der Waals surface area contributed by atoms with E-state index in [1.54, 1.807) is 51.7 Å². The van der Waals surface area contributed by atoms with Crippen LogP contribution in [0.15, 0.2) is 47.4 Å². The van der Waals surface area contributed by atoms with Crippen molar-refractivity contribution in [2.24, 2.45) is 0 Å². The van der Waals surface area contributed by atoms with Crippen molar-refractivity contribution in [1.29, 1.82) is 0 Å². The van der Waals surface area contributed by atoms with Crippen molar-refractivity contribution in [3.05, 3.63) is 42.5 Å². The van der Waals surface area contributed by atoms with Crippen LogP contribution >= 0.6 is 12.2 Å². The Hall–Kier alpha value is -2.56. The summed E-state index contributed by atoms with van der Waals surface area (Å²) in [6.45, 7) is 1.67. The fourth-order valence-electron chi connectivity index (χ4n) is 3.11. The number of benzene rings is 2. The summed E-state index contributed by atoms with van der Waals surface area (Å²) >= 11 is 5.52. The Morgan fingerprint density at radius 2 is 1.40 bits per heavy atom. The molecule has 3 rings (SSSR count). The second-order valence-corrected chi connectivity index (χ2v) is 8.92. The van der Waals surface area contributed by atoms with Crippen LogP contribution in [-0.2, 0) is 10.0 Å². The van der Waals surface area contributed by atoms with Crippen molar-refractivity contribution >= 4 is 33.0 Å². The highest BCUT2D eigenvalue weighted by Crippen LogP contribution is 2.26. The molecule has 2 aromatic carbocycles. The molecular weight excluding hydrogens is 426 g/mol. The maximum Gasteiger partial charge on any atom is 0.243 e. The molecule has 2 aromatic rings. The largest absolute Gasteiger partial charge is 0.497 e. The highest BCUT2D eigenvalue weighted by atomic mass is 32.2. The monoisotopic (exact) mass is 451 g/mol. The second-order valence-electron chi connectivity index (χ2n) is 6.60. The molecule has 1 heterocycles. The van der Waals surface area contributed by atoms with Gasteiger partial charge in [0.25, 0.3) is 0 Å². The van der Waals surface area contributed by atoms with Gasteiger partial charge in [0.05, 0.1) is 26.2 Å². The lowest BCUT2D eigenvalue weighted by Crippen LogP contribution is -2.51. The number of ether oxygens (including phenoxy) is 3. The molecular formula is C20H25N3O5S2. The lowest BCUT2D eigenvalue weighted by Gasteiger charge is -2.35. The number of sulfonamides is 1. The molecule has 0 aliphatic carbocycles. The topological polar surface area (TPSA) is 80.3 Å². The van der Waals surface area contributed by atoms with Crippen molar-refractivity contribution in [3.63, 3.8) is 0 Å². The van der Waals surface area contributed by atoms with Crippen molar-refractivity contribution in [2.45, 2.75) is 4.90 Å². The minimum Gasteiger partial charge on any atom is -0.497 e. The molecule has 1 aliphatic heterocycles. The number of nitrogens with zero attached hydrogens (tertiary/aromatic N) is 2. The van der Waals surface area contributed by atoms with Gasteiger partial charge in [0, 0.05) is 50.1 Å². The number of methoxy groups -OCH3 is 3. The van der Waals surface area contributed by atoms with E-state index < -0.39 is 10.0 Å². The van der Waals surface area contributed by atoms with E-state index in [0.29, 0.717) is 48.5 Å². The summed E-state index contributed by atoms with van der Waals surface area (Å²) in [5.74, 6) is 1.91. The lowest BCUT2D eigenvalue weighted by atomic mass is 10.2. The number of rotatable bonds is 6. The van der Waals surface area contributed by atoms with Crippen LogP contribution < -0.4 is 19.5 Å². The van der Waals surface area contributed by atoms with E-state index in [2.05, 4.69) is 5.32 Å². The Morgan fingerprint density at radius 1 is 0.867 bits per heavy atom. The van der Waals surface area contributed by atoms with Gasteiger partial charge in [-0.3, -0.25) is 0 Å². The van der Waals surface area contributed by atoms with Gasteiger partial charge >= 0.3 is 0 Å². The summed E-state index contributed by atoms with van der Waals surface area (Å²) in [6, 6.07) is 11.8. The van der Waals surface area contributed by atoms with E-state index in [9.17, 15) is 8.42 Å². The normalized spacial score (nSPS) is 14.8. The number of thiocarbonyl (C=S) groups is 1. The zero-order chi connectivity index (χ0) is 21.7. The fourth-order valence-corrected chi connectivity index (χ4v) is 4.83. The van der Waals surface area contributed by atoms with Crippen LogP contribution in [0.2, 0.25) is 0 Å². The summed E-state index contributed by atoms with van der Waals surface area (Å²) in [5, 5.41) is 3.69. The average Bonchev–Trinajstić information content (AvgIpc) is 2.78. The molecule has 8 nitrogen and oxygen atoms in total. The third kappa shape index (κ3) is 4.94. The highest BCUT2D eigenvalue weighted by molar-refractivity contribution is 7.89. The number of anilines is 1. The van der Waals surface area contributed by atoms with Crippen molar-refractivity contribution < 1.29 is 22.6 Å². The predicted molar refractivity (Wildman–Crippen MR) is 119 cm³/mol. The Kier molecular flexibility index (Phi) is 7.01. The van der Waals surface area contributed by atoms with Gasteiger partial charge in [-0.05, 0) is 36.5 Å². The predicted octanol–water partition coefficient (Wildman–Crippen LogP) is 2.42. The van der Waals surface area contributed by atoms with Gasteiger partial charge in [0.15, 0.2) is 5.11 Å². The molecule has 1 N–H and O–H groups in total. The molecule has 0 aromatic heterocycles. The van der Waals surface area contributed by atoms with E-state index in [1.165, 1.54) is 4.31 Å². The first kappa shape index (κ1) is 22.1. The summed E-state index contributed by atoms with van der Waals surface area (Å²) in [7, 11) is 1.15. The Morgan fingerprint density at radius 3 is 1.90 bits per heavy atom. The van der Waals surface area contributed by atoms with Crippen molar-refractivity contribution in [1.82, 2.24) is 9.21 Å². The maximum atomic E-state index is 12.9. The van der Waals surface area contributed by atoms with Crippen LogP contribution in [0, 0.1) is 0 Å². The van der Waals surface area contributed by atoms with Crippen LogP contribution in [0.3, 0.4) is 0 Å². The number of piperazine rings is 1. The third-order valence-electron chi connectivity index (χ3n) is 4.83. The molecule has 1 aliphatic rings. The number of hydrogen-bond acceptors (Lipinski definition) is 6. The van der Waals surface area contributed by atoms with Gasteiger partial charge in [0.1, 0.15) is 17.2 Å². The SMILES string of the molecule is COc1ccc(S(=O)(=O)N2CCN(C(=S)Nc3cc(OC)cc(OC)c3)CC2)cc1. The van der Waals surface area contributed by atoms with Crippen molar-refractivity contribution in [2.75, 3.05) is 52.8 Å². The Labute approximate surface area is 182 Å². The molecule has 162 valence electrons. The van der Waals surface area contributed by atoms with E-state index in [4.69, 9.17) is 26.4 Å². The summed E-state index contributed by atoms with van der Waals surface area (Å²) in [6.07, 6.45) is 0. The zero-order valence-electron chi connectivity index (χ0n) is 17.1. The molecule has 0 saturated carbocycles. The molecule has 0 unspecified atom stereocenters. The van der Waals surface area contributed by atoms with Crippen LogP contribution in [0.4, 0.5) is 5.69 Å². The quantitative estimate of drug-likeness (QED) is 0.671. The average molecular weight is 452 g/mol. The molecule has 0 atom stereocenters. The van der Waals surface area contributed by atoms with Crippen LogP contribution in [0.25, 0.3) is 0 Å². The summed E-state index contributed by atoms with van der Waals surface area (Å²) in [5.41, 5.74) is 0.740. The first-order valence-electron chi connectivity index (χ1n) is 9.30. The molecule has 0 amide bonds. The minimum absolute atomic E-state index is 0.251. The number of hydrogen-bond donors (Lipinski definition) is 1. The van der Waals surface area contributed by atoms with E-state index in [1.807, 2.05) is 17.0 Å². The lowest BCUT2D eigenvalue weighted by molar-refractivity contribution is 0.268. The number of nitrogens with one attached hydrogen (secondary N) is 1. The first-order valence-corrected chi connectivity index (χ1v) is 11.2. The second kappa shape index (κ2) is 9.50. The Balaban J connectivity index is 1.62. The zero-order valence-corrected chi connectivity index (χ0v) is 18.8. The molecule has 1 saturated heterocycles. The summed E-state index contributed by atoms with van der Waals surface area (Å²) < 4.78 is 42.9. The molecule has 10 heteroatoms. The van der Waals surface area contributed by atoms with Gasteiger partial charge < -0.3 is 24.4 Å². The van der Waals surface area contributed by atoms with Gasteiger partial charge in [-0.2, -0.15) is 4.31 Å². The Bertz CT molecular complexity index is 966. The van der Waals surface area contributed by atoms with Gasteiger partial charge in [-0.15, -0.1) is 0 Å². The fraction of sp³-hybridized carbons (Fsp3) is 0.350. The maximum absolute atomic E-state index is 12.9. The molecule has 1 fully saturated rings. The standard InChI is InChI=1S/C20H25N3O5S2/c1-26-16-4-6-19(7-5-16)30(24,25)23-10-8-22(9-11-23)20(29)21-15-12-17(27-2)14-18(13-15)28-3/h4-7,12-14H,8-11H2,1-3H3,(H,21,29). The van der Waals surface area contributed by atoms with Crippen LogP contribution in [0.1, 0.15) is 0 Å². The van der Waals surface area contributed by atoms with Crippen LogP contribution in [0.5, 0.6) is 17.2 Å². The smallest absolute Gasteiger partial charge is 0.243 e. The van der Waals surface area contributed by atoms with Gasteiger partial charge in [0.2, 0.25) is 10.0 Å². The molecule has 30 heavy (non-hydrogen) atoms. The highest BCUT2D eigenvalue weighted by Gasteiger charge is 2.29. The van der Waals surface area contributed by atoms with Gasteiger partial charge in [-0.25, -0.2) is 8.42 Å². The van der Waals surface area contributed by atoms with Gasteiger partial charge in [-0.1, -0.05) is 0 Å². The van der Waals surface area contributed by atoms with E-state index in [0.717, 1.165) is 5.69 Å². The van der Waals surface area contributed by atoms with Crippen molar-refractivity contribution in [3.8, 4) is 17.2 Å². The summed E-state index contributed by atoms with van der Waals surface area (Å²) in [4.78, 5) is 2.20. The van der Waals surface area contributed by atoms with E-state index >= 15 is 0 Å². The molecule has 0 bridgehead atoms. The first-order chi connectivity index (χ1) is 14.4. The third-order valence-corrected chi connectivity index (χ3v) is 7.10.